The monoisotopic (exact) mass is 459 g/mol. The minimum Gasteiger partial charge on any atom is -0.466 e. The van der Waals surface area contributed by atoms with E-state index in [1.54, 1.807) is 6.08 Å². The van der Waals surface area contributed by atoms with Crippen molar-refractivity contribution in [2.24, 2.45) is 5.92 Å². The number of nitriles is 1. The molecule has 0 bridgehead atoms. The van der Waals surface area contributed by atoms with Gasteiger partial charge in [0.15, 0.2) is 0 Å². The number of aromatic nitrogens is 1. The molecule has 32 heavy (non-hydrogen) atoms. The highest BCUT2D eigenvalue weighted by Gasteiger charge is 2.27. The summed E-state index contributed by atoms with van der Waals surface area (Å²) >= 11 is 1.26. The van der Waals surface area contributed by atoms with E-state index in [1.165, 1.54) is 29.8 Å². The highest BCUT2D eigenvalue weighted by atomic mass is 32.2. The Balaban J connectivity index is 1.97. The lowest BCUT2D eigenvalue weighted by atomic mass is 10.1. The van der Waals surface area contributed by atoms with Gasteiger partial charge in [0.1, 0.15) is 11.6 Å². The Morgan fingerprint density at radius 3 is 2.69 bits per heavy atom. The summed E-state index contributed by atoms with van der Waals surface area (Å²) < 4.78 is 12.0. The third kappa shape index (κ3) is 6.50. The molecule has 0 radical (unpaired) electrons. The summed E-state index contributed by atoms with van der Waals surface area (Å²) in [5.41, 5.74) is 2.80. The van der Waals surface area contributed by atoms with E-state index < -0.39 is 11.9 Å². The number of carbonyl (C=O) groups excluding carboxylic acids is 3. The average molecular weight is 460 g/mol. The number of hydrogen-bond donors (Lipinski definition) is 0. The molecule has 1 saturated heterocycles. The van der Waals surface area contributed by atoms with E-state index >= 15 is 0 Å². The summed E-state index contributed by atoms with van der Waals surface area (Å²) in [5.74, 6) is -0.630. The molecule has 0 unspecified atom stereocenters. The lowest BCUT2D eigenvalue weighted by molar-refractivity contribution is -0.138. The van der Waals surface area contributed by atoms with Gasteiger partial charge in [-0.1, -0.05) is 25.6 Å². The molecule has 0 aliphatic carbocycles. The summed E-state index contributed by atoms with van der Waals surface area (Å²) in [6, 6.07) is 3.87. The fraction of sp³-hybridized carbons (Fsp3) is 0.478. The van der Waals surface area contributed by atoms with Crippen molar-refractivity contribution >= 4 is 35.7 Å². The first kappa shape index (κ1) is 25.3. The highest BCUT2D eigenvalue weighted by Crippen LogP contribution is 2.28. The molecular weight excluding hydrogens is 430 g/mol. The molecule has 0 atom stereocenters. The average Bonchev–Trinajstić information content (AvgIpc) is 3.22. The van der Waals surface area contributed by atoms with Crippen LogP contribution < -0.4 is 0 Å². The van der Waals surface area contributed by atoms with Crippen LogP contribution in [0, 0.1) is 31.1 Å². The molecule has 1 aliphatic rings. The van der Waals surface area contributed by atoms with Crippen LogP contribution in [0.2, 0.25) is 0 Å². The molecule has 8 nitrogen and oxygen atoms in total. The van der Waals surface area contributed by atoms with E-state index in [-0.39, 0.29) is 23.8 Å². The van der Waals surface area contributed by atoms with Gasteiger partial charge < -0.3 is 18.9 Å². The van der Waals surface area contributed by atoms with Gasteiger partial charge >= 0.3 is 11.9 Å². The van der Waals surface area contributed by atoms with Gasteiger partial charge in [-0.25, -0.2) is 9.59 Å². The van der Waals surface area contributed by atoms with Crippen LogP contribution in [-0.2, 0) is 30.4 Å². The fourth-order valence-electron chi connectivity index (χ4n) is 3.31. The maximum Gasteiger partial charge on any atom is 0.348 e. The van der Waals surface area contributed by atoms with E-state index in [4.69, 9.17) is 4.74 Å². The molecule has 0 N–H and O–H groups in total. The van der Waals surface area contributed by atoms with Crippen LogP contribution in [0.3, 0.4) is 0 Å². The number of aryl methyl sites for hydroxylation is 1. The summed E-state index contributed by atoms with van der Waals surface area (Å²) in [6.07, 6.45) is 3.20. The zero-order valence-corrected chi connectivity index (χ0v) is 20.0. The summed E-state index contributed by atoms with van der Waals surface area (Å²) in [6.45, 7) is 9.43. The third-order valence-corrected chi connectivity index (χ3v) is 5.94. The molecule has 1 aromatic heterocycles. The topological polar surface area (TPSA) is 102 Å². The van der Waals surface area contributed by atoms with Crippen LogP contribution >= 0.6 is 11.8 Å². The van der Waals surface area contributed by atoms with Crippen LogP contribution in [0.15, 0.2) is 22.7 Å². The van der Waals surface area contributed by atoms with Crippen molar-refractivity contribution in [3.8, 4) is 6.07 Å². The number of rotatable bonds is 9. The molecule has 1 aromatic rings. The van der Waals surface area contributed by atoms with Gasteiger partial charge in [0, 0.05) is 24.5 Å². The Hall–Kier alpha value is -2.99. The number of thioether (sulfide) groups is 1. The molecular formula is C23H29N3O5S. The van der Waals surface area contributed by atoms with Gasteiger partial charge in [-0.2, -0.15) is 5.26 Å². The van der Waals surface area contributed by atoms with Crippen molar-refractivity contribution in [2.45, 2.75) is 40.7 Å². The molecule has 0 saturated carbocycles. The maximum absolute atomic E-state index is 12.4. The Bertz CT molecular complexity index is 984. The number of hydrogen-bond acceptors (Lipinski definition) is 7. The number of methoxy groups -OCH3 is 1. The molecule has 1 fully saturated rings. The van der Waals surface area contributed by atoms with Gasteiger partial charge in [0.2, 0.25) is 5.91 Å². The lowest BCUT2D eigenvalue weighted by Crippen LogP contribution is -2.27. The molecule has 0 aromatic carbocycles. The SMILES string of the molecule is COC(=O)/C=C1/SCC(=O)N1CCCOC(=O)/C(C#N)=C\c1cc(C)n(CC(C)C)c1C. The third-order valence-electron chi connectivity index (χ3n) is 4.91. The molecule has 9 heteroatoms. The minimum atomic E-state index is -0.700. The van der Waals surface area contributed by atoms with Crippen LogP contribution in [0.25, 0.3) is 6.08 Å². The van der Waals surface area contributed by atoms with Crippen LogP contribution in [-0.4, -0.2) is 53.3 Å². The first-order valence-corrected chi connectivity index (χ1v) is 11.3. The number of nitrogens with zero attached hydrogens (tertiary/aromatic N) is 3. The second-order valence-electron chi connectivity index (χ2n) is 7.83. The van der Waals surface area contributed by atoms with Crippen LogP contribution in [0.5, 0.6) is 0 Å². The van der Waals surface area contributed by atoms with Crippen molar-refractivity contribution in [1.82, 2.24) is 9.47 Å². The maximum atomic E-state index is 12.4. The zero-order chi connectivity index (χ0) is 23.8. The summed E-state index contributed by atoms with van der Waals surface area (Å²) in [5, 5.41) is 9.96. The van der Waals surface area contributed by atoms with Crippen LogP contribution in [0.4, 0.5) is 0 Å². The molecule has 1 aliphatic heterocycles. The minimum absolute atomic E-state index is 0.0458. The van der Waals surface area contributed by atoms with E-state index in [9.17, 15) is 19.6 Å². The van der Waals surface area contributed by atoms with E-state index in [0.29, 0.717) is 23.9 Å². The van der Waals surface area contributed by atoms with Gasteiger partial charge in [-0.15, -0.1) is 0 Å². The fourth-order valence-corrected chi connectivity index (χ4v) is 4.26. The lowest BCUT2D eigenvalue weighted by Gasteiger charge is -2.16. The first-order valence-electron chi connectivity index (χ1n) is 10.4. The van der Waals surface area contributed by atoms with Gasteiger partial charge in [-0.05, 0) is 43.9 Å². The molecule has 2 rings (SSSR count). The first-order chi connectivity index (χ1) is 15.2. The highest BCUT2D eigenvalue weighted by molar-refractivity contribution is 8.04. The number of ether oxygens (including phenoxy) is 2. The quantitative estimate of drug-likeness (QED) is 0.242. The normalized spacial score (nSPS) is 15.4. The number of amides is 1. The molecule has 1 amide bonds. The smallest absolute Gasteiger partial charge is 0.348 e. The Kier molecular flexibility index (Phi) is 9.14. The summed E-state index contributed by atoms with van der Waals surface area (Å²) in [7, 11) is 1.27. The van der Waals surface area contributed by atoms with E-state index in [1.807, 2.05) is 26.0 Å². The standard InChI is InChI=1S/C23H29N3O5S/c1-15(2)13-26-16(3)9-18(17(26)4)10-19(12-24)23(29)31-8-6-7-25-20(27)14-32-21(25)11-22(28)30-5/h9-11,15H,6-8,13-14H2,1-5H3/b19-10-,21-11+. The van der Waals surface area contributed by atoms with Crippen LogP contribution in [0.1, 0.15) is 37.2 Å². The van der Waals surface area contributed by atoms with Crippen molar-refractivity contribution in [3.63, 3.8) is 0 Å². The van der Waals surface area contributed by atoms with Gasteiger partial charge in [0.05, 0.1) is 30.6 Å². The molecule has 0 spiro atoms. The van der Waals surface area contributed by atoms with Gasteiger partial charge in [-0.3, -0.25) is 4.79 Å². The Morgan fingerprint density at radius 1 is 1.34 bits per heavy atom. The summed E-state index contributed by atoms with van der Waals surface area (Å²) in [4.78, 5) is 37.3. The number of esters is 2. The van der Waals surface area contributed by atoms with Crippen molar-refractivity contribution in [3.05, 3.63) is 39.7 Å². The second kappa shape index (κ2) is 11.6. The van der Waals surface area contributed by atoms with E-state index in [2.05, 4.69) is 23.2 Å². The van der Waals surface area contributed by atoms with Crippen molar-refractivity contribution in [2.75, 3.05) is 26.0 Å². The number of carbonyl (C=O) groups is 3. The zero-order valence-electron chi connectivity index (χ0n) is 19.1. The predicted molar refractivity (Wildman–Crippen MR) is 122 cm³/mol. The Morgan fingerprint density at radius 2 is 2.06 bits per heavy atom. The van der Waals surface area contributed by atoms with Crippen molar-refractivity contribution in [1.29, 1.82) is 5.26 Å². The second-order valence-corrected chi connectivity index (χ2v) is 8.83. The largest absolute Gasteiger partial charge is 0.466 e. The van der Waals surface area contributed by atoms with Crippen molar-refractivity contribution < 1.29 is 23.9 Å². The molecule has 2 heterocycles. The predicted octanol–water partition coefficient (Wildman–Crippen LogP) is 3.19. The van der Waals surface area contributed by atoms with E-state index in [0.717, 1.165) is 23.5 Å². The molecule has 172 valence electrons. The Labute approximate surface area is 192 Å². The van der Waals surface area contributed by atoms with Gasteiger partial charge in [0.25, 0.3) is 0 Å².